The van der Waals surface area contributed by atoms with Crippen LogP contribution in [0.2, 0.25) is 0 Å². The van der Waals surface area contributed by atoms with E-state index in [0.717, 1.165) is 24.6 Å². The second-order valence-corrected chi connectivity index (χ2v) is 7.96. The maximum absolute atomic E-state index is 13.8. The highest BCUT2D eigenvalue weighted by Crippen LogP contribution is 2.25. The monoisotopic (exact) mass is 398 g/mol. The van der Waals surface area contributed by atoms with E-state index in [0.29, 0.717) is 6.42 Å². The molecule has 3 atom stereocenters. The second-order valence-electron chi connectivity index (χ2n) is 7.96. The number of hydrogen-bond donors (Lipinski definition) is 1. The van der Waals surface area contributed by atoms with Crippen molar-refractivity contribution in [2.75, 3.05) is 18.0 Å². The molecule has 29 heavy (non-hydrogen) atoms. The van der Waals surface area contributed by atoms with Crippen molar-refractivity contribution < 1.29 is 13.9 Å². The number of benzene rings is 2. The van der Waals surface area contributed by atoms with Crippen LogP contribution in [0.25, 0.3) is 0 Å². The summed E-state index contributed by atoms with van der Waals surface area (Å²) in [7, 11) is 0. The van der Waals surface area contributed by atoms with E-state index in [2.05, 4.69) is 41.4 Å². The molecule has 3 rings (SSSR count). The smallest absolute Gasteiger partial charge is 0.261 e. The number of anilines is 1. The third-order valence-corrected chi connectivity index (χ3v) is 5.54. The molecular formula is C24H31FN2O2. The molecule has 5 heteroatoms. The predicted molar refractivity (Wildman–Crippen MR) is 115 cm³/mol. The Balaban J connectivity index is 1.60. The molecule has 0 bridgehead atoms. The molecule has 1 saturated heterocycles. The van der Waals surface area contributed by atoms with Gasteiger partial charge in [0.2, 0.25) is 0 Å². The van der Waals surface area contributed by atoms with Crippen LogP contribution in [0.5, 0.6) is 5.75 Å². The van der Waals surface area contributed by atoms with E-state index in [-0.39, 0.29) is 17.7 Å². The Labute approximate surface area is 173 Å². The van der Waals surface area contributed by atoms with Gasteiger partial charge in [0.25, 0.3) is 5.91 Å². The highest BCUT2D eigenvalue weighted by atomic mass is 19.1. The first-order chi connectivity index (χ1) is 14.0. The summed E-state index contributed by atoms with van der Waals surface area (Å²) >= 11 is 0. The van der Waals surface area contributed by atoms with Gasteiger partial charge >= 0.3 is 0 Å². The van der Waals surface area contributed by atoms with Gasteiger partial charge in [-0.25, -0.2) is 4.39 Å². The number of ether oxygens (including phenoxy) is 1. The largest absolute Gasteiger partial charge is 0.478 e. The molecule has 0 spiro atoms. The number of para-hydroxylation sites is 1. The first-order valence-electron chi connectivity index (χ1n) is 10.5. The minimum Gasteiger partial charge on any atom is -0.478 e. The molecule has 4 nitrogen and oxygen atoms in total. The molecule has 1 aliphatic heterocycles. The Kier molecular flexibility index (Phi) is 7.13. The van der Waals surface area contributed by atoms with Crippen LogP contribution in [0, 0.1) is 11.7 Å². The Bertz CT molecular complexity index is 809. The van der Waals surface area contributed by atoms with Crippen molar-refractivity contribution in [1.82, 2.24) is 5.32 Å². The van der Waals surface area contributed by atoms with Crippen molar-refractivity contribution in [3.05, 3.63) is 59.9 Å². The van der Waals surface area contributed by atoms with Gasteiger partial charge in [-0.05, 0) is 61.9 Å². The SMILES string of the molecule is CC[C@H](Oc1ccccc1F)C(=O)N[C@H](C)c1ccc(N2CCC[C@H](C)C2)cc1. The van der Waals surface area contributed by atoms with Crippen LogP contribution in [-0.2, 0) is 4.79 Å². The zero-order valence-corrected chi connectivity index (χ0v) is 17.5. The Morgan fingerprint density at radius 1 is 1.24 bits per heavy atom. The van der Waals surface area contributed by atoms with Crippen molar-refractivity contribution >= 4 is 11.6 Å². The number of nitrogens with one attached hydrogen (secondary N) is 1. The summed E-state index contributed by atoms with van der Waals surface area (Å²) < 4.78 is 19.4. The van der Waals surface area contributed by atoms with Gasteiger partial charge in [-0.2, -0.15) is 0 Å². The summed E-state index contributed by atoms with van der Waals surface area (Å²) in [6.07, 6.45) is 2.25. The molecule has 1 aliphatic rings. The Morgan fingerprint density at radius 3 is 2.62 bits per heavy atom. The summed E-state index contributed by atoms with van der Waals surface area (Å²) in [4.78, 5) is 15.1. The summed E-state index contributed by atoms with van der Waals surface area (Å²) in [5, 5.41) is 2.99. The molecule has 1 fully saturated rings. The van der Waals surface area contributed by atoms with Crippen molar-refractivity contribution in [3.8, 4) is 5.75 Å². The number of rotatable bonds is 7. The summed E-state index contributed by atoms with van der Waals surface area (Å²) in [6, 6.07) is 14.4. The molecule has 1 heterocycles. The van der Waals surface area contributed by atoms with Crippen molar-refractivity contribution in [3.63, 3.8) is 0 Å². The van der Waals surface area contributed by atoms with Gasteiger partial charge in [0.1, 0.15) is 0 Å². The topological polar surface area (TPSA) is 41.6 Å². The van der Waals surface area contributed by atoms with Gasteiger partial charge in [-0.3, -0.25) is 4.79 Å². The van der Waals surface area contributed by atoms with Crippen LogP contribution < -0.4 is 15.0 Å². The van der Waals surface area contributed by atoms with Gasteiger partial charge < -0.3 is 15.0 Å². The molecule has 1 amide bonds. The fourth-order valence-electron chi connectivity index (χ4n) is 3.80. The molecule has 0 unspecified atom stereocenters. The fraction of sp³-hybridized carbons (Fsp3) is 0.458. The third-order valence-electron chi connectivity index (χ3n) is 5.54. The Morgan fingerprint density at radius 2 is 1.97 bits per heavy atom. The Hall–Kier alpha value is -2.56. The van der Waals surface area contributed by atoms with Crippen LogP contribution in [0.1, 0.15) is 51.6 Å². The zero-order valence-electron chi connectivity index (χ0n) is 17.5. The van der Waals surface area contributed by atoms with Gasteiger partial charge in [0.05, 0.1) is 6.04 Å². The number of carbonyl (C=O) groups excluding carboxylic acids is 1. The van der Waals surface area contributed by atoms with Crippen molar-refractivity contribution in [2.45, 2.75) is 52.2 Å². The van der Waals surface area contributed by atoms with Crippen LogP contribution in [0.4, 0.5) is 10.1 Å². The predicted octanol–water partition coefficient (Wildman–Crippen LogP) is 5.10. The highest BCUT2D eigenvalue weighted by Gasteiger charge is 2.22. The van der Waals surface area contributed by atoms with E-state index in [1.54, 1.807) is 12.1 Å². The van der Waals surface area contributed by atoms with E-state index >= 15 is 0 Å². The van der Waals surface area contributed by atoms with Gasteiger partial charge in [-0.15, -0.1) is 0 Å². The number of nitrogens with zero attached hydrogens (tertiary/aromatic N) is 1. The van der Waals surface area contributed by atoms with Gasteiger partial charge in [0.15, 0.2) is 17.7 Å². The normalized spacial score (nSPS) is 18.8. The molecular weight excluding hydrogens is 367 g/mol. The van der Waals surface area contributed by atoms with Crippen LogP contribution >= 0.6 is 0 Å². The third kappa shape index (κ3) is 5.49. The second kappa shape index (κ2) is 9.77. The fourth-order valence-corrected chi connectivity index (χ4v) is 3.80. The number of halogens is 1. The average Bonchev–Trinajstić information content (AvgIpc) is 2.73. The van der Waals surface area contributed by atoms with Gasteiger partial charge in [-0.1, -0.05) is 38.1 Å². The molecule has 1 N–H and O–H groups in total. The van der Waals surface area contributed by atoms with Gasteiger partial charge in [0, 0.05) is 18.8 Å². The standard InChI is InChI=1S/C24H31FN2O2/c1-4-22(29-23-10-6-5-9-21(23)25)24(28)26-18(3)19-11-13-20(14-12-19)27-15-7-8-17(2)16-27/h5-6,9-14,17-18,22H,4,7-8,15-16H2,1-3H3,(H,26,28)/t17-,18+,22-/m0/s1. The summed E-state index contributed by atoms with van der Waals surface area (Å²) in [5.41, 5.74) is 2.26. The molecule has 156 valence electrons. The van der Waals surface area contributed by atoms with Crippen LogP contribution in [0.3, 0.4) is 0 Å². The van der Waals surface area contributed by atoms with Crippen LogP contribution in [-0.4, -0.2) is 25.1 Å². The number of hydrogen-bond acceptors (Lipinski definition) is 3. The lowest BCUT2D eigenvalue weighted by Crippen LogP contribution is -2.39. The molecule has 2 aromatic rings. The van der Waals surface area contributed by atoms with Crippen LogP contribution in [0.15, 0.2) is 48.5 Å². The van der Waals surface area contributed by atoms with E-state index in [1.807, 2.05) is 13.8 Å². The molecule has 0 aliphatic carbocycles. The van der Waals surface area contributed by atoms with E-state index in [1.165, 1.54) is 30.7 Å². The minimum absolute atomic E-state index is 0.0993. The maximum Gasteiger partial charge on any atom is 0.261 e. The number of amides is 1. The van der Waals surface area contributed by atoms with Crippen molar-refractivity contribution in [2.24, 2.45) is 5.92 Å². The lowest BCUT2D eigenvalue weighted by atomic mass is 9.99. The minimum atomic E-state index is -0.733. The number of piperidine rings is 1. The first-order valence-corrected chi connectivity index (χ1v) is 10.5. The molecule has 0 aromatic heterocycles. The number of carbonyl (C=O) groups is 1. The molecule has 2 aromatic carbocycles. The zero-order chi connectivity index (χ0) is 20.8. The lowest BCUT2D eigenvalue weighted by molar-refractivity contribution is -0.128. The maximum atomic E-state index is 13.8. The average molecular weight is 399 g/mol. The summed E-state index contributed by atoms with van der Waals surface area (Å²) in [5.74, 6) is 0.121. The molecule has 0 saturated carbocycles. The lowest BCUT2D eigenvalue weighted by Gasteiger charge is -2.33. The van der Waals surface area contributed by atoms with E-state index in [4.69, 9.17) is 4.74 Å². The van der Waals surface area contributed by atoms with E-state index in [9.17, 15) is 9.18 Å². The quantitative estimate of drug-likeness (QED) is 0.706. The summed E-state index contributed by atoms with van der Waals surface area (Å²) in [6.45, 7) is 8.29. The van der Waals surface area contributed by atoms with Crippen molar-refractivity contribution in [1.29, 1.82) is 0 Å². The highest BCUT2D eigenvalue weighted by molar-refractivity contribution is 5.81. The first kappa shape index (κ1) is 21.2. The molecule has 0 radical (unpaired) electrons. The van der Waals surface area contributed by atoms with E-state index < -0.39 is 11.9 Å².